The van der Waals surface area contributed by atoms with Crippen LogP contribution in [0.3, 0.4) is 0 Å². The van der Waals surface area contributed by atoms with Crippen LogP contribution in [-0.4, -0.2) is 11.9 Å². The summed E-state index contributed by atoms with van der Waals surface area (Å²) in [6.07, 6.45) is 4.03. The summed E-state index contributed by atoms with van der Waals surface area (Å²) in [5.74, 6) is -0.647. The molecule has 2 aromatic carbocycles. The maximum Gasteiger partial charge on any atom is 0.338 e. The minimum atomic E-state index is -0.496. The molecule has 0 N–H and O–H groups in total. The molecule has 27 heavy (non-hydrogen) atoms. The Labute approximate surface area is 161 Å². The van der Waals surface area contributed by atoms with E-state index in [-0.39, 0.29) is 12.6 Å². The Morgan fingerprint density at radius 2 is 1.63 bits per heavy atom. The van der Waals surface area contributed by atoms with E-state index in [4.69, 9.17) is 9.47 Å². The van der Waals surface area contributed by atoms with E-state index in [1.165, 1.54) is 0 Å². The molecule has 0 aromatic heterocycles. The number of carbonyl (C=O) groups is 2. The molecule has 0 aliphatic heterocycles. The predicted octanol–water partition coefficient (Wildman–Crippen LogP) is 5.62. The number of rotatable bonds is 10. The number of hydrogen-bond donors (Lipinski definition) is 0. The van der Waals surface area contributed by atoms with Crippen molar-refractivity contribution >= 4 is 11.9 Å². The number of ether oxygens (including phenoxy) is 2. The average Bonchev–Trinajstić information content (AvgIpc) is 2.70. The zero-order chi connectivity index (χ0) is 19.5. The topological polar surface area (TPSA) is 52.6 Å². The molecule has 0 bridgehead atoms. The standard InChI is InChI=1S/C23H28O4/c1-3-4-5-9-16-22(24)27-18(2)20-14-10-11-15-21(20)23(25)26-17-19-12-7-6-8-13-19/h6-8,10-15,18H,3-5,9,16-17H2,1-2H3. The maximum absolute atomic E-state index is 12.5. The molecule has 144 valence electrons. The zero-order valence-corrected chi connectivity index (χ0v) is 16.1. The third-order valence-electron chi connectivity index (χ3n) is 4.37. The molecule has 0 spiro atoms. The Hall–Kier alpha value is -2.62. The van der Waals surface area contributed by atoms with Crippen molar-refractivity contribution in [1.29, 1.82) is 0 Å². The number of esters is 2. The van der Waals surface area contributed by atoms with Crippen molar-refractivity contribution in [2.75, 3.05) is 0 Å². The van der Waals surface area contributed by atoms with E-state index in [0.29, 0.717) is 17.5 Å². The van der Waals surface area contributed by atoms with E-state index in [0.717, 1.165) is 31.2 Å². The Balaban J connectivity index is 1.95. The lowest BCUT2D eigenvalue weighted by atomic mass is 10.0. The lowest BCUT2D eigenvalue weighted by Crippen LogP contribution is -2.14. The SMILES string of the molecule is CCCCCCC(=O)OC(C)c1ccccc1C(=O)OCc1ccccc1. The molecule has 0 heterocycles. The van der Waals surface area contributed by atoms with Crippen LogP contribution in [0.15, 0.2) is 54.6 Å². The summed E-state index contributed by atoms with van der Waals surface area (Å²) in [6.45, 7) is 4.13. The number of carbonyl (C=O) groups excluding carboxylic acids is 2. The number of hydrogen-bond acceptors (Lipinski definition) is 4. The third kappa shape index (κ3) is 6.89. The normalized spacial score (nSPS) is 11.6. The van der Waals surface area contributed by atoms with Crippen molar-refractivity contribution in [3.05, 3.63) is 71.3 Å². The highest BCUT2D eigenvalue weighted by atomic mass is 16.5. The Morgan fingerprint density at radius 1 is 0.926 bits per heavy atom. The zero-order valence-electron chi connectivity index (χ0n) is 16.1. The van der Waals surface area contributed by atoms with Crippen molar-refractivity contribution < 1.29 is 19.1 Å². The summed E-state index contributed by atoms with van der Waals surface area (Å²) < 4.78 is 10.9. The predicted molar refractivity (Wildman–Crippen MR) is 105 cm³/mol. The summed E-state index contributed by atoms with van der Waals surface area (Å²) in [6, 6.07) is 16.6. The highest BCUT2D eigenvalue weighted by Crippen LogP contribution is 2.23. The first-order valence-electron chi connectivity index (χ1n) is 9.61. The van der Waals surface area contributed by atoms with Crippen molar-refractivity contribution in [1.82, 2.24) is 0 Å². The van der Waals surface area contributed by atoms with Crippen LogP contribution in [0.4, 0.5) is 0 Å². The average molecular weight is 368 g/mol. The van der Waals surface area contributed by atoms with Gasteiger partial charge in [0.25, 0.3) is 0 Å². The second kappa shape index (κ2) is 11.2. The van der Waals surface area contributed by atoms with Crippen LogP contribution >= 0.6 is 0 Å². The smallest absolute Gasteiger partial charge is 0.338 e. The molecule has 0 aliphatic rings. The third-order valence-corrected chi connectivity index (χ3v) is 4.37. The second-order valence-corrected chi connectivity index (χ2v) is 6.59. The highest BCUT2D eigenvalue weighted by Gasteiger charge is 2.19. The van der Waals surface area contributed by atoms with Gasteiger partial charge in [0.2, 0.25) is 0 Å². The van der Waals surface area contributed by atoms with Crippen molar-refractivity contribution in [3.63, 3.8) is 0 Å². The van der Waals surface area contributed by atoms with E-state index in [1.54, 1.807) is 25.1 Å². The minimum Gasteiger partial charge on any atom is -0.458 e. The highest BCUT2D eigenvalue weighted by molar-refractivity contribution is 5.91. The number of unbranched alkanes of at least 4 members (excludes halogenated alkanes) is 3. The van der Waals surface area contributed by atoms with Gasteiger partial charge in [0.05, 0.1) is 5.56 Å². The summed E-state index contributed by atoms with van der Waals surface area (Å²) in [5, 5.41) is 0. The summed E-state index contributed by atoms with van der Waals surface area (Å²) in [4.78, 5) is 24.6. The Morgan fingerprint density at radius 3 is 2.37 bits per heavy atom. The quantitative estimate of drug-likeness (QED) is 0.403. The largest absolute Gasteiger partial charge is 0.458 e. The van der Waals surface area contributed by atoms with Crippen LogP contribution in [0.5, 0.6) is 0 Å². The lowest BCUT2D eigenvalue weighted by molar-refractivity contribution is -0.148. The van der Waals surface area contributed by atoms with E-state index in [2.05, 4.69) is 6.92 Å². The van der Waals surface area contributed by atoms with Gasteiger partial charge in [-0.3, -0.25) is 4.79 Å². The van der Waals surface area contributed by atoms with Crippen LogP contribution in [-0.2, 0) is 20.9 Å². The van der Waals surface area contributed by atoms with Crippen molar-refractivity contribution in [3.8, 4) is 0 Å². The molecular weight excluding hydrogens is 340 g/mol. The van der Waals surface area contributed by atoms with E-state index in [9.17, 15) is 9.59 Å². The van der Waals surface area contributed by atoms with Gasteiger partial charge in [-0.1, -0.05) is 74.7 Å². The Kier molecular flexibility index (Phi) is 8.56. The first kappa shape index (κ1) is 20.7. The van der Waals surface area contributed by atoms with Crippen LogP contribution < -0.4 is 0 Å². The molecule has 0 saturated carbocycles. The summed E-state index contributed by atoms with van der Waals surface area (Å²) in [7, 11) is 0. The van der Waals surface area contributed by atoms with Gasteiger partial charge in [-0.2, -0.15) is 0 Å². The first-order valence-corrected chi connectivity index (χ1v) is 9.61. The fourth-order valence-electron chi connectivity index (χ4n) is 2.85. The van der Waals surface area contributed by atoms with Crippen LogP contribution in [0.1, 0.15) is 73.5 Å². The van der Waals surface area contributed by atoms with Crippen LogP contribution in [0.2, 0.25) is 0 Å². The Bertz CT molecular complexity index is 724. The first-order chi connectivity index (χ1) is 13.1. The molecule has 0 aliphatic carbocycles. The van der Waals surface area contributed by atoms with E-state index >= 15 is 0 Å². The van der Waals surface area contributed by atoms with Gasteiger partial charge in [-0.05, 0) is 25.0 Å². The molecule has 1 unspecified atom stereocenters. The van der Waals surface area contributed by atoms with Crippen molar-refractivity contribution in [2.24, 2.45) is 0 Å². The molecule has 0 radical (unpaired) electrons. The van der Waals surface area contributed by atoms with Gasteiger partial charge >= 0.3 is 11.9 Å². The number of benzene rings is 2. The fourth-order valence-corrected chi connectivity index (χ4v) is 2.85. The lowest BCUT2D eigenvalue weighted by Gasteiger charge is -2.17. The fraction of sp³-hybridized carbons (Fsp3) is 0.391. The molecule has 2 aromatic rings. The van der Waals surface area contributed by atoms with Crippen LogP contribution in [0, 0.1) is 0 Å². The van der Waals surface area contributed by atoms with Gasteiger partial charge in [0.1, 0.15) is 12.7 Å². The van der Waals surface area contributed by atoms with Gasteiger partial charge in [-0.25, -0.2) is 4.79 Å². The van der Waals surface area contributed by atoms with Gasteiger partial charge in [-0.15, -0.1) is 0 Å². The molecule has 0 fully saturated rings. The molecule has 0 saturated heterocycles. The summed E-state index contributed by atoms with van der Waals surface area (Å²) >= 11 is 0. The monoisotopic (exact) mass is 368 g/mol. The minimum absolute atomic E-state index is 0.208. The molecule has 2 rings (SSSR count). The van der Waals surface area contributed by atoms with Gasteiger partial charge < -0.3 is 9.47 Å². The van der Waals surface area contributed by atoms with Gasteiger partial charge in [0, 0.05) is 12.0 Å². The van der Waals surface area contributed by atoms with Crippen molar-refractivity contribution in [2.45, 2.75) is 58.7 Å². The summed E-state index contributed by atoms with van der Waals surface area (Å²) in [5.41, 5.74) is 2.02. The van der Waals surface area contributed by atoms with Gasteiger partial charge in [0.15, 0.2) is 0 Å². The maximum atomic E-state index is 12.5. The molecule has 0 amide bonds. The molecule has 1 atom stereocenters. The van der Waals surface area contributed by atoms with E-state index < -0.39 is 12.1 Å². The second-order valence-electron chi connectivity index (χ2n) is 6.59. The van der Waals surface area contributed by atoms with Crippen LogP contribution in [0.25, 0.3) is 0 Å². The van der Waals surface area contributed by atoms with E-state index in [1.807, 2.05) is 36.4 Å². The molecular formula is C23H28O4. The molecule has 4 heteroatoms. The molecule has 4 nitrogen and oxygen atoms in total.